The van der Waals surface area contributed by atoms with Crippen LogP contribution in [0.25, 0.3) is 0 Å². The molecule has 0 fully saturated rings. The molecule has 1 N–H and O–H groups in total. The maximum atomic E-state index is 12.3. The second kappa shape index (κ2) is 7.06. The van der Waals surface area contributed by atoms with Gasteiger partial charge < -0.3 is 5.32 Å². The number of Topliss-reactive ketones (excluding diaryl/α,β-unsaturated/α-hetero) is 1. The van der Waals surface area contributed by atoms with Crippen LogP contribution >= 0.6 is 34.7 Å². The first-order valence-corrected chi connectivity index (χ1v) is 8.21. The van der Waals surface area contributed by atoms with E-state index in [0.29, 0.717) is 10.6 Å². The highest BCUT2D eigenvalue weighted by Gasteiger charge is 2.18. The highest BCUT2D eigenvalue weighted by molar-refractivity contribution is 8.02. The molecule has 106 valence electrons. The first-order valence-electron chi connectivity index (χ1n) is 6.14. The Hall–Kier alpha value is -1.11. The number of carbonyl (C=O) groups excluding carboxylic acids is 1. The summed E-state index contributed by atoms with van der Waals surface area (Å²) >= 11 is 8.70. The van der Waals surface area contributed by atoms with Gasteiger partial charge in [-0.05, 0) is 38.1 Å². The third kappa shape index (κ3) is 3.94. The van der Waals surface area contributed by atoms with Crippen molar-refractivity contribution in [3.05, 3.63) is 34.9 Å². The number of carbonyl (C=O) groups is 1. The molecule has 2 aromatic rings. The molecule has 0 bridgehead atoms. The smallest absolute Gasteiger partial charge is 0.206 e. The lowest BCUT2D eigenvalue weighted by molar-refractivity contribution is 0.0994. The lowest BCUT2D eigenvalue weighted by Crippen LogP contribution is -2.13. The quantitative estimate of drug-likeness (QED) is 0.642. The monoisotopic (exact) mass is 327 g/mol. The molecule has 0 spiro atoms. The molecule has 7 heteroatoms. The number of nitrogens with zero attached hydrogens (tertiary/aromatic N) is 2. The number of halogens is 1. The minimum absolute atomic E-state index is 0.0619. The molecule has 20 heavy (non-hydrogen) atoms. The third-order valence-corrected chi connectivity index (χ3v) is 4.83. The summed E-state index contributed by atoms with van der Waals surface area (Å²) in [4.78, 5) is 12.3. The number of anilines is 1. The molecule has 0 radical (unpaired) electrons. The van der Waals surface area contributed by atoms with E-state index in [4.69, 9.17) is 11.6 Å². The molecule has 0 aliphatic carbocycles. The molecule has 0 saturated heterocycles. The van der Waals surface area contributed by atoms with Gasteiger partial charge in [0.05, 0.1) is 5.25 Å². The zero-order valence-electron chi connectivity index (χ0n) is 11.1. The lowest BCUT2D eigenvalue weighted by atomic mass is 10.1. The summed E-state index contributed by atoms with van der Waals surface area (Å²) in [5, 5.41) is 12.4. The van der Waals surface area contributed by atoms with Crippen LogP contribution in [0.5, 0.6) is 0 Å². The van der Waals surface area contributed by atoms with Crippen molar-refractivity contribution < 1.29 is 4.79 Å². The molecule has 0 saturated carbocycles. The van der Waals surface area contributed by atoms with Gasteiger partial charge in [0.2, 0.25) is 5.13 Å². The van der Waals surface area contributed by atoms with Crippen molar-refractivity contribution >= 4 is 45.6 Å². The first-order chi connectivity index (χ1) is 9.60. The van der Waals surface area contributed by atoms with Gasteiger partial charge in [-0.3, -0.25) is 4.79 Å². The molecule has 0 aliphatic heterocycles. The lowest BCUT2D eigenvalue weighted by Gasteiger charge is -2.07. The molecular weight excluding hydrogens is 314 g/mol. The fraction of sp³-hybridized carbons (Fsp3) is 0.308. The van der Waals surface area contributed by atoms with E-state index in [2.05, 4.69) is 15.5 Å². The Morgan fingerprint density at radius 3 is 2.75 bits per heavy atom. The molecular formula is C13H14ClN3OS2. The summed E-state index contributed by atoms with van der Waals surface area (Å²) in [6.45, 7) is 4.68. The number of ketones is 1. The SMILES string of the molecule is CCNc1nnc(S[C@@H](C)C(=O)c2ccc(Cl)cc2)s1. The van der Waals surface area contributed by atoms with Gasteiger partial charge in [0, 0.05) is 17.1 Å². The minimum Gasteiger partial charge on any atom is -0.360 e. The molecule has 1 aromatic heterocycles. The van der Waals surface area contributed by atoms with Crippen molar-refractivity contribution in [3.8, 4) is 0 Å². The fourth-order valence-electron chi connectivity index (χ4n) is 1.53. The summed E-state index contributed by atoms with van der Waals surface area (Å²) in [6, 6.07) is 6.93. The van der Waals surface area contributed by atoms with Crippen LogP contribution in [0.1, 0.15) is 24.2 Å². The summed E-state index contributed by atoms with van der Waals surface area (Å²) in [5.41, 5.74) is 0.658. The Morgan fingerprint density at radius 2 is 2.10 bits per heavy atom. The summed E-state index contributed by atoms with van der Waals surface area (Å²) in [5.74, 6) is 0.0619. The van der Waals surface area contributed by atoms with Crippen molar-refractivity contribution in [2.45, 2.75) is 23.4 Å². The van der Waals surface area contributed by atoms with E-state index in [1.807, 2.05) is 13.8 Å². The Bertz CT molecular complexity index is 586. The molecule has 1 atom stereocenters. The van der Waals surface area contributed by atoms with Gasteiger partial charge in [-0.1, -0.05) is 34.7 Å². The number of rotatable bonds is 6. The summed E-state index contributed by atoms with van der Waals surface area (Å²) in [7, 11) is 0. The predicted molar refractivity (Wildman–Crippen MR) is 85.2 cm³/mol. The van der Waals surface area contributed by atoms with Crippen LogP contribution in [-0.2, 0) is 0 Å². The van der Waals surface area contributed by atoms with Crippen LogP contribution in [0.4, 0.5) is 5.13 Å². The Kier molecular flexibility index (Phi) is 5.39. The molecule has 1 heterocycles. The van der Waals surface area contributed by atoms with Crippen LogP contribution in [0.2, 0.25) is 5.02 Å². The molecule has 1 aromatic carbocycles. The third-order valence-electron chi connectivity index (χ3n) is 2.51. The van der Waals surface area contributed by atoms with E-state index in [1.54, 1.807) is 24.3 Å². The minimum atomic E-state index is -0.210. The Labute approximate surface area is 130 Å². The van der Waals surface area contributed by atoms with Crippen LogP contribution in [0.15, 0.2) is 28.6 Å². The highest BCUT2D eigenvalue weighted by atomic mass is 35.5. The van der Waals surface area contributed by atoms with Crippen molar-refractivity contribution in [3.63, 3.8) is 0 Å². The molecule has 2 rings (SSSR count). The molecule has 4 nitrogen and oxygen atoms in total. The van der Waals surface area contributed by atoms with Gasteiger partial charge in [-0.15, -0.1) is 10.2 Å². The normalized spacial score (nSPS) is 12.2. The van der Waals surface area contributed by atoms with E-state index < -0.39 is 0 Å². The van der Waals surface area contributed by atoms with E-state index in [9.17, 15) is 4.79 Å². The highest BCUT2D eigenvalue weighted by Crippen LogP contribution is 2.30. The maximum absolute atomic E-state index is 12.3. The van der Waals surface area contributed by atoms with Gasteiger partial charge in [-0.2, -0.15) is 0 Å². The zero-order chi connectivity index (χ0) is 14.5. The molecule has 0 amide bonds. The second-order valence-corrected chi connectivity index (χ2v) is 7.04. The van der Waals surface area contributed by atoms with Crippen LogP contribution in [0.3, 0.4) is 0 Å². The predicted octanol–water partition coefficient (Wildman–Crippen LogP) is 3.99. The summed E-state index contributed by atoms with van der Waals surface area (Å²) < 4.78 is 0.788. The van der Waals surface area contributed by atoms with Crippen LogP contribution in [-0.4, -0.2) is 27.8 Å². The van der Waals surface area contributed by atoms with Gasteiger partial charge in [0.25, 0.3) is 0 Å². The van der Waals surface area contributed by atoms with E-state index in [-0.39, 0.29) is 11.0 Å². The molecule has 0 unspecified atom stereocenters. The number of thioether (sulfide) groups is 1. The van der Waals surface area contributed by atoms with E-state index in [0.717, 1.165) is 16.0 Å². The van der Waals surface area contributed by atoms with Gasteiger partial charge >= 0.3 is 0 Å². The van der Waals surface area contributed by atoms with Gasteiger partial charge in [0.15, 0.2) is 10.1 Å². The van der Waals surface area contributed by atoms with Crippen molar-refractivity contribution in [1.82, 2.24) is 10.2 Å². The summed E-state index contributed by atoms with van der Waals surface area (Å²) in [6.07, 6.45) is 0. The zero-order valence-corrected chi connectivity index (χ0v) is 13.5. The van der Waals surface area contributed by atoms with E-state index in [1.165, 1.54) is 23.1 Å². The topological polar surface area (TPSA) is 54.9 Å². The number of benzene rings is 1. The second-order valence-electron chi connectivity index (χ2n) is 4.03. The van der Waals surface area contributed by atoms with Crippen LogP contribution < -0.4 is 5.32 Å². The van der Waals surface area contributed by atoms with Crippen molar-refractivity contribution in [2.75, 3.05) is 11.9 Å². The number of hydrogen-bond acceptors (Lipinski definition) is 6. The standard InChI is InChI=1S/C13H14ClN3OS2/c1-3-15-12-16-17-13(20-12)19-8(2)11(18)9-4-6-10(14)7-5-9/h4-8H,3H2,1-2H3,(H,15,16)/t8-/m0/s1. The van der Waals surface area contributed by atoms with E-state index >= 15 is 0 Å². The Morgan fingerprint density at radius 1 is 1.40 bits per heavy atom. The average molecular weight is 328 g/mol. The average Bonchev–Trinajstić information content (AvgIpc) is 2.86. The number of nitrogens with one attached hydrogen (secondary N) is 1. The maximum Gasteiger partial charge on any atom is 0.206 e. The first kappa shape index (κ1) is 15.3. The van der Waals surface area contributed by atoms with Crippen molar-refractivity contribution in [1.29, 1.82) is 0 Å². The van der Waals surface area contributed by atoms with Gasteiger partial charge in [-0.25, -0.2) is 0 Å². The molecule has 0 aliphatic rings. The van der Waals surface area contributed by atoms with Gasteiger partial charge in [0.1, 0.15) is 0 Å². The Balaban J connectivity index is 2.01. The van der Waals surface area contributed by atoms with Crippen molar-refractivity contribution in [2.24, 2.45) is 0 Å². The number of hydrogen-bond donors (Lipinski definition) is 1. The largest absolute Gasteiger partial charge is 0.360 e. The van der Waals surface area contributed by atoms with Crippen LogP contribution in [0, 0.1) is 0 Å². The number of aromatic nitrogens is 2. The fourth-order valence-corrected chi connectivity index (χ4v) is 3.70.